The molecule has 2 N–H and O–H groups in total. The van der Waals surface area contributed by atoms with Crippen molar-refractivity contribution >= 4 is 30.7 Å². The number of carbonyl (C=O) groups excluding carboxylic acids is 1. The predicted molar refractivity (Wildman–Crippen MR) is 111 cm³/mol. The van der Waals surface area contributed by atoms with Gasteiger partial charge in [-0.05, 0) is 37.2 Å². The van der Waals surface area contributed by atoms with Crippen LogP contribution in [0.25, 0.3) is 11.4 Å². The summed E-state index contributed by atoms with van der Waals surface area (Å²) in [5.74, 6) is 2.13. The lowest BCUT2D eigenvalue weighted by Gasteiger charge is -2.34. The number of aromatic nitrogens is 2. The number of ether oxygens (including phenoxy) is 1. The van der Waals surface area contributed by atoms with Crippen molar-refractivity contribution in [3.8, 4) is 17.1 Å². The maximum Gasteiger partial charge on any atom is 0.241 e. The highest BCUT2D eigenvalue weighted by Crippen LogP contribution is 2.20. The van der Waals surface area contributed by atoms with Crippen molar-refractivity contribution in [2.75, 3.05) is 39.8 Å². The Kier molecular flexibility index (Phi) is 10.2. The Hall–Kier alpha value is -1.87. The third-order valence-corrected chi connectivity index (χ3v) is 4.49. The molecule has 0 unspecified atom stereocenters. The molecule has 28 heavy (non-hydrogen) atoms. The van der Waals surface area contributed by atoms with Crippen molar-refractivity contribution in [2.24, 2.45) is 5.73 Å². The van der Waals surface area contributed by atoms with Gasteiger partial charge in [-0.15, -0.1) is 24.8 Å². The van der Waals surface area contributed by atoms with E-state index in [-0.39, 0.29) is 30.7 Å². The van der Waals surface area contributed by atoms with Gasteiger partial charge in [0.2, 0.25) is 17.6 Å². The molecule has 10 heteroatoms. The van der Waals surface area contributed by atoms with Crippen molar-refractivity contribution in [1.82, 2.24) is 19.9 Å². The zero-order valence-electron chi connectivity index (χ0n) is 15.9. The van der Waals surface area contributed by atoms with E-state index < -0.39 is 0 Å². The standard InChI is InChI=1S/C18H25N5O3.2ClH/c1-25-15-6-4-14(5-7-15)18-20-16(26-21-18)13-22-9-11-23(12-10-22)17(24)3-2-8-19;;/h4-7H,2-3,8-13,19H2,1H3;2*1H. The number of nitrogens with two attached hydrogens (primary N) is 1. The van der Waals surface area contributed by atoms with Gasteiger partial charge in [-0.2, -0.15) is 4.98 Å². The van der Waals surface area contributed by atoms with Crippen LogP contribution in [0.2, 0.25) is 0 Å². The summed E-state index contributed by atoms with van der Waals surface area (Å²) in [6, 6.07) is 7.54. The van der Waals surface area contributed by atoms with Crippen LogP contribution in [0.5, 0.6) is 5.75 Å². The Bertz CT molecular complexity index is 718. The highest BCUT2D eigenvalue weighted by Gasteiger charge is 2.22. The Morgan fingerprint density at radius 2 is 1.86 bits per heavy atom. The molecule has 0 bridgehead atoms. The summed E-state index contributed by atoms with van der Waals surface area (Å²) >= 11 is 0. The number of benzene rings is 1. The van der Waals surface area contributed by atoms with E-state index in [1.807, 2.05) is 29.2 Å². The van der Waals surface area contributed by atoms with Crippen LogP contribution < -0.4 is 10.5 Å². The first kappa shape index (κ1) is 24.2. The monoisotopic (exact) mass is 431 g/mol. The summed E-state index contributed by atoms with van der Waals surface area (Å²) in [4.78, 5) is 20.6. The summed E-state index contributed by atoms with van der Waals surface area (Å²) in [6.07, 6.45) is 1.28. The third kappa shape index (κ3) is 6.34. The molecule has 1 fully saturated rings. The minimum absolute atomic E-state index is 0. The van der Waals surface area contributed by atoms with Gasteiger partial charge < -0.3 is 19.9 Å². The van der Waals surface area contributed by atoms with Gasteiger partial charge in [0.25, 0.3) is 0 Å². The van der Waals surface area contributed by atoms with E-state index in [9.17, 15) is 4.79 Å². The number of hydrogen-bond acceptors (Lipinski definition) is 7. The summed E-state index contributed by atoms with van der Waals surface area (Å²) in [5, 5.41) is 4.05. The van der Waals surface area contributed by atoms with Crippen LogP contribution in [-0.4, -0.2) is 65.7 Å². The number of nitrogens with zero attached hydrogens (tertiary/aromatic N) is 4. The second-order valence-corrected chi connectivity index (χ2v) is 6.29. The zero-order chi connectivity index (χ0) is 18.4. The van der Waals surface area contributed by atoms with Crippen LogP contribution in [0, 0.1) is 0 Å². The molecule has 1 aliphatic heterocycles. The van der Waals surface area contributed by atoms with Gasteiger partial charge >= 0.3 is 0 Å². The van der Waals surface area contributed by atoms with Crippen LogP contribution in [0.4, 0.5) is 0 Å². The molecule has 3 rings (SSSR count). The minimum atomic E-state index is 0. The third-order valence-electron chi connectivity index (χ3n) is 4.49. The molecule has 0 radical (unpaired) electrons. The molecular formula is C18H27Cl2N5O3. The van der Waals surface area contributed by atoms with E-state index >= 15 is 0 Å². The van der Waals surface area contributed by atoms with Crippen LogP contribution in [0.1, 0.15) is 18.7 Å². The Balaban J connectivity index is 0.00000196. The van der Waals surface area contributed by atoms with Gasteiger partial charge in [-0.1, -0.05) is 5.16 Å². The fraction of sp³-hybridized carbons (Fsp3) is 0.500. The second kappa shape index (κ2) is 11.9. The quantitative estimate of drug-likeness (QED) is 0.715. The summed E-state index contributed by atoms with van der Waals surface area (Å²) in [6.45, 7) is 4.20. The molecule has 2 aromatic rings. The van der Waals surface area contributed by atoms with Crippen molar-refractivity contribution < 1.29 is 14.1 Å². The average molecular weight is 432 g/mol. The van der Waals surface area contributed by atoms with E-state index in [0.29, 0.717) is 31.2 Å². The second-order valence-electron chi connectivity index (χ2n) is 6.29. The fourth-order valence-electron chi connectivity index (χ4n) is 2.93. The number of carbonyl (C=O) groups is 1. The number of methoxy groups -OCH3 is 1. The largest absolute Gasteiger partial charge is 0.497 e. The minimum Gasteiger partial charge on any atom is -0.497 e. The molecule has 1 aromatic heterocycles. The average Bonchev–Trinajstić information content (AvgIpc) is 3.15. The van der Waals surface area contributed by atoms with Crippen LogP contribution in [0.3, 0.4) is 0 Å². The SMILES string of the molecule is COc1ccc(-c2noc(CN3CCN(C(=O)CCCN)CC3)n2)cc1.Cl.Cl. The highest BCUT2D eigenvalue weighted by molar-refractivity contribution is 5.85. The summed E-state index contributed by atoms with van der Waals surface area (Å²) in [5.41, 5.74) is 6.35. The molecule has 0 atom stereocenters. The molecule has 0 saturated carbocycles. The van der Waals surface area contributed by atoms with Crippen molar-refractivity contribution in [2.45, 2.75) is 19.4 Å². The molecule has 1 aromatic carbocycles. The summed E-state index contributed by atoms with van der Waals surface area (Å²) in [7, 11) is 1.63. The topological polar surface area (TPSA) is 97.7 Å². The molecule has 1 saturated heterocycles. The van der Waals surface area contributed by atoms with Crippen molar-refractivity contribution in [3.63, 3.8) is 0 Å². The number of amides is 1. The molecular weight excluding hydrogens is 405 g/mol. The molecule has 0 aliphatic carbocycles. The highest BCUT2D eigenvalue weighted by atomic mass is 35.5. The Morgan fingerprint density at radius 1 is 1.18 bits per heavy atom. The molecule has 1 aliphatic rings. The first-order chi connectivity index (χ1) is 12.7. The van der Waals surface area contributed by atoms with Crippen LogP contribution in [0.15, 0.2) is 28.8 Å². The zero-order valence-corrected chi connectivity index (χ0v) is 17.5. The van der Waals surface area contributed by atoms with Crippen LogP contribution in [-0.2, 0) is 11.3 Å². The first-order valence-corrected chi connectivity index (χ1v) is 8.87. The maximum atomic E-state index is 12.0. The number of piperazine rings is 1. The number of rotatable bonds is 7. The van der Waals surface area contributed by atoms with Crippen molar-refractivity contribution in [3.05, 3.63) is 30.2 Å². The first-order valence-electron chi connectivity index (χ1n) is 8.87. The van der Waals surface area contributed by atoms with Gasteiger partial charge in [-0.25, -0.2) is 0 Å². The lowest BCUT2D eigenvalue weighted by Crippen LogP contribution is -2.48. The molecule has 2 heterocycles. The molecule has 1 amide bonds. The van der Waals surface area contributed by atoms with E-state index in [2.05, 4.69) is 15.0 Å². The Labute approximate surface area is 177 Å². The molecule has 0 spiro atoms. The van der Waals surface area contributed by atoms with Gasteiger partial charge in [0, 0.05) is 38.2 Å². The van der Waals surface area contributed by atoms with Crippen molar-refractivity contribution in [1.29, 1.82) is 0 Å². The molecule has 156 valence electrons. The van der Waals surface area contributed by atoms with Gasteiger partial charge in [0.05, 0.1) is 13.7 Å². The van der Waals surface area contributed by atoms with E-state index in [4.69, 9.17) is 15.0 Å². The smallest absolute Gasteiger partial charge is 0.241 e. The van der Waals surface area contributed by atoms with E-state index in [1.165, 1.54) is 0 Å². The number of halogens is 2. The normalized spacial score (nSPS) is 14.1. The van der Waals surface area contributed by atoms with E-state index in [1.54, 1.807) is 7.11 Å². The lowest BCUT2D eigenvalue weighted by molar-refractivity contribution is -0.133. The lowest BCUT2D eigenvalue weighted by atomic mass is 10.2. The predicted octanol–water partition coefficient (Wildman–Crippen LogP) is 1.97. The van der Waals surface area contributed by atoms with E-state index in [0.717, 1.165) is 43.9 Å². The summed E-state index contributed by atoms with van der Waals surface area (Å²) < 4.78 is 10.5. The molecule has 8 nitrogen and oxygen atoms in total. The fourth-order valence-corrected chi connectivity index (χ4v) is 2.93. The number of hydrogen-bond donors (Lipinski definition) is 1. The van der Waals surface area contributed by atoms with Gasteiger partial charge in [0.15, 0.2) is 0 Å². The van der Waals surface area contributed by atoms with Gasteiger partial charge in [-0.3, -0.25) is 9.69 Å². The van der Waals surface area contributed by atoms with Crippen LogP contribution >= 0.6 is 24.8 Å². The van der Waals surface area contributed by atoms with Gasteiger partial charge in [0.1, 0.15) is 5.75 Å². The maximum absolute atomic E-state index is 12.0. The Morgan fingerprint density at radius 3 is 2.46 bits per heavy atom.